The fraction of sp³-hybridized carbons (Fsp3) is 0.545. The number of morpholine rings is 1. The minimum Gasteiger partial charge on any atom is -0.378 e. The standard InChI is InChI=1S/C22H33N5O2.HI/c1-4-17(5-2)20-14-19(29-26-20)16-25-22(23-3)24-15-18-8-6-7-9-21(18)27-10-12-28-13-11-27;/h6-9,14,17H,4-5,10-13,15-16H2,1-3H3,(H2,23,24,25);1H. The topological polar surface area (TPSA) is 74.9 Å². The molecule has 0 saturated carbocycles. The quantitative estimate of drug-likeness (QED) is 0.308. The summed E-state index contributed by atoms with van der Waals surface area (Å²) in [7, 11) is 1.78. The third kappa shape index (κ3) is 6.60. The molecule has 0 aliphatic carbocycles. The summed E-state index contributed by atoms with van der Waals surface area (Å²) < 4.78 is 11.0. The zero-order valence-electron chi connectivity index (χ0n) is 18.2. The van der Waals surface area contributed by atoms with Gasteiger partial charge in [0.1, 0.15) is 0 Å². The molecule has 0 bridgehead atoms. The Bertz CT molecular complexity index is 785. The highest BCUT2D eigenvalue weighted by Gasteiger charge is 2.15. The van der Waals surface area contributed by atoms with Crippen molar-refractivity contribution in [2.24, 2.45) is 4.99 Å². The molecule has 1 fully saturated rings. The van der Waals surface area contributed by atoms with Crippen LogP contribution in [-0.4, -0.2) is 44.5 Å². The van der Waals surface area contributed by atoms with Crippen LogP contribution in [0.25, 0.3) is 0 Å². The molecule has 0 atom stereocenters. The third-order valence-corrected chi connectivity index (χ3v) is 5.42. The first-order valence-corrected chi connectivity index (χ1v) is 10.6. The predicted molar refractivity (Wildman–Crippen MR) is 132 cm³/mol. The van der Waals surface area contributed by atoms with Gasteiger partial charge in [0, 0.05) is 44.4 Å². The average molecular weight is 527 g/mol. The van der Waals surface area contributed by atoms with E-state index >= 15 is 0 Å². The fourth-order valence-electron chi connectivity index (χ4n) is 3.66. The van der Waals surface area contributed by atoms with E-state index < -0.39 is 0 Å². The van der Waals surface area contributed by atoms with E-state index in [0.717, 1.165) is 56.6 Å². The highest BCUT2D eigenvalue weighted by atomic mass is 127. The van der Waals surface area contributed by atoms with Gasteiger partial charge in [-0.15, -0.1) is 24.0 Å². The number of para-hydroxylation sites is 1. The molecule has 2 aromatic rings. The number of anilines is 1. The molecule has 2 heterocycles. The number of halogens is 1. The third-order valence-electron chi connectivity index (χ3n) is 5.42. The van der Waals surface area contributed by atoms with Gasteiger partial charge in [0.2, 0.25) is 0 Å². The zero-order valence-corrected chi connectivity index (χ0v) is 20.5. The molecule has 3 rings (SSSR count). The van der Waals surface area contributed by atoms with Crippen LogP contribution >= 0.6 is 24.0 Å². The van der Waals surface area contributed by atoms with Gasteiger partial charge in [-0.3, -0.25) is 4.99 Å². The average Bonchev–Trinajstić information content (AvgIpc) is 3.24. The summed E-state index contributed by atoms with van der Waals surface area (Å²) in [5.74, 6) is 2.02. The first-order chi connectivity index (χ1) is 14.2. The number of hydrogen-bond acceptors (Lipinski definition) is 5. The maximum absolute atomic E-state index is 5.49. The number of ether oxygens (including phenoxy) is 1. The van der Waals surface area contributed by atoms with Crippen LogP contribution < -0.4 is 15.5 Å². The summed E-state index contributed by atoms with van der Waals surface area (Å²) in [6, 6.07) is 10.5. The van der Waals surface area contributed by atoms with E-state index in [-0.39, 0.29) is 24.0 Å². The van der Waals surface area contributed by atoms with Gasteiger partial charge in [0.25, 0.3) is 0 Å². The molecule has 0 radical (unpaired) electrons. The Labute approximate surface area is 196 Å². The van der Waals surface area contributed by atoms with Crippen molar-refractivity contribution in [3.63, 3.8) is 0 Å². The Balaban J connectivity index is 0.00000320. The molecular weight excluding hydrogens is 493 g/mol. The molecular formula is C22H34IN5O2. The molecule has 1 aliphatic rings. The molecule has 1 aromatic carbocycles. The number of rotatable bonds is 8. The Kier molecular flexibility index (Phi) is 10.4. The second-order valence-corrected chi connectivity index (χ2v) is 7.24. The molecule has 2 N–H and O–H groups in total. The number of guanidine groups is 1. The van der Waals surface area contributed by atoms with Crippen LogP contribution in [0, 0.1) is 0 Å². The van der Waals surface area contributed by atoms with E-state index in [1.165, 1.54) is 11.3 Å². The number of benzene rings is 1. The van der Waals surface area contributed by atoms with Gasteiger partial charge >= 0.3 is 0 Å². The highest BCUT2D eigenvalue weighted by Crippen LogP contribution is 2.23. The molecule has 1 saturated heterocycles. The summed E-state index contributed by atoms with van der Waals surface area (Å²) in [5, 5.41) is 10.9. The molecule has 166 valence electrons. The monoisotopic (exact) mass is 527 g/mol. The Morgan fingerprint density at radius 1 is 1.13 bits per heavy atom. The molecule has 8 heteroatoms. The van der Waals surface area contributed by atoms with E-state index in [9.17, 15) is 0 Å². The van der Waals surface area contributed by atoms with Crippen LogP contribution in [0.4, 0.5) is 5.69 Å². The van der Waals surface area contributed by atoms with E-state index in [1.807, 2.05) is 6.07 Å². The fourth-order valence-corrected chi connectivity index (χ4v) is 3.66. The van der Waals surface area contributed by atoms with Gasteiger partial charge in [-0.05, 0) is 24.5 Å². The molecule has 0 amide bonds. The Morgan fingerprint density at radius 2 is 1.83 bits per heavy atom. The number of hydrogen-bond donors (Lipinski definition) is 2. The minimum absolute atomic E-state index is 0. The van der Waals surface area contributed by atoms with Crippen molar-refractivity contribution in [3.8, 4) is 0 Å². The van der Waals surface area contributed by atoms with E-state index in [0.29, 0.717) is 19.0 Å². The highest BCUT2D eigenvalue weighted by molar-refractivity contribution is 14.0. The largest absolute Gasteiger partial charge is 0.378 e. The summed E-state index contributed by atoms with van der Waals surface area (Å²) in [6.07, 6.45) is 2.14. The summed E-state index contributed by atoms with van der Waals surface area (Å²) >= 11 is 0. The van der Waals surface area contributed by atoms with Gasteiger partial charge in [0.05, 0.1) is 25.5 Å². The molecule has 30 heavy (non-hydrogen) atoms. The zero-order chi connectivity index (χ0) is 20.5. The molecule has 7 nitrogen and oxygen atoms in total. The Hall–Kier alpha value is -1.81. The normalized spacial score (nSPS) is 14.5. The SMILES string of the molecule is CCC(CC)c1cc(CNC(=NC)NCc2ccccc2N2CCOCC2)on1.I. The van der Waals surface area contributed by atoms with Crippen LogP contribution in [0.15, 0.2) is 39.8 Å². The lowest BCUT2D eigenvalue weighted by Gasteiger charge is -2.30. The lowest BCUT2D eigenvalue weighted by atomic mass is 9.99. The van der Waals surface area contributed by atoms with Crippen molar-refractivity contribution in [1.29, 1.82) is 0 Å². The van der Waals surface area contributed by atoms with Gasteiger partial charge in [0.15, 0.2) is 11.7 Å². The van der Waals surface area contributed by atoms with E-state index in [4.69, 9.17) is 9.26 Å². The van der Waals surface area contributed by atoms with Crippen molar-refractivity contribution in [1.82, 2.24) is 15.8 Å². The Morgan fingerprint density at radius 3 is 2.53 bits per heavy atom. The number of aliphatic imine (C=N–C) groups is 1. The van der Waals surface area contributed by atoms with Gasteiger partial charge in [-0.2, -0.15) is 0 Å². The summed E-state index contributed by atoms with van der Waals surface area (Å²) in [5.41, 5.74) is 3.53. The van der Waals surface area contributed by atoms with E-state index in [2.05, 4.69) is 63.8 Å². The first-order valence-electron chi connectivity index (χ1n) is 10.6. The van der Waals surface area contributed by atoms with Crippen molar-refractivity contribution < 1.29 is 9.26 Å². The van der Waals surface area contributed by atoms with Crippen molar-refractivity contribution >= 4 is 35.6 Å². The van der Waals surface area contributed by atoms with Crippen LogP contribution in [0.2, 0.25) is 0 Å². The molecule has 1 aromatic heterocycles. The maximum Gasteiger partial charge on any atom is 0.191 e. The van der Waals surface area contributed by atoms with Crippen molar-refractivity contribution in [2.45, 2.75) is 45.7 Å². The first kappa shape index (κ1) is 24.5. The molecule has 0 unspecified atom stereocenters. The van der Waals surface area contributed by atoms with Crippen molar-refractivity contribution in [2.75, 3.05) is 38.3 Å². The second-order valence-electron chi connectivity index (χ2n) is 7.24. The van der Waals surface area contributed by atoms with Gasteiger partial charge < -0.3 is 24.8 Å². The van der Waals surface area contributed by atoms with Crippen LogP contribution in [-0.2, 0) is 17.8 Å². The second kappa shape index (κ2) is 12.8. The number of nitrogens with zero attached hydrogens (tertiary/aromatic N) is 3. The van der Waals surface area contributed by atoms with Gasteiger partial charge in [-0.1, -0.05) is 37.2 Å². The smallest absolute Gasteiger partial charge is 0.191 e. The lowest BCUT2D eigenvalue weighted by molar-refractivity contribution is 0.122. The lowest BCUT2D eigenvalue weighted by Crippen LogP contribution is -2.38. The maximum atomic E-state index is 5.49. The van der Waals surface area contributed by atoms with E-state index in [1.54, 1.807) is 7.05 Å². The van der Waals surface area contributed by atoms with Crippen LogP contribution in [0.1, 0.15) is 49.6 Å². The number of nitrogens with one attached hydrogen (secondary N) is 2. The van der Waals surface area contributed by atoms with Crippen LogP contribution in [0.5, 0.6) is 0 Å². The summed E-state index contributed by atoms with van der Waals surface area (Å²) in [4.78, 5) is 6.71. The van der Waals surface area contributed by atoms with Crippen LogP contribution in [0.3, 0.4) is 0 Å². The van der Waals surface area contributed by atoms with Crippen molar-refractivity contribution in [3.05, 3.63) is 47.3 Å². The summed E-state index contributed by atoms with van der Waals surface area (Å²) in [6.45, 7) is 9.02. The predicted octanol–water partition coefficient (Wildman–Crippen LogP) is 3.90. The van der Waals surface area contributed by atoms with Gasteiger partial charge in [-0.25, -0.2) is 0 Å². The minimum atomic E-state index is 0. The molecule has 0 spiro atoms. The number of aromatic nitrogens is 1. The molecule has 1 aliphatic heterocycles.